The monoisotopic (exact) mass is 382 g/mol. The topological polar surface area (TPSA) is 0 Å². The molecule has 0 aromatic carbocycles. The molecular formula is C28H46. The highest BCUT2D eigenvalue weighted by atomic mass is 14.6. The summed E-state index contributed by atoms with van der Waals surface area (Å²) in [5.41, 5.74) is 1.24. The summed E-state index contributed by atoms with van der Waals surface area (Å²) in [7, 11) is 0. The average molecular weight is 383 g/mol. The Morgan fingerprint density at radius 2 is 1.46 bits per heavy atom. The second kappa shape index (κ2) is 7.67. The van der Waals surface area contributed by atoms with Crippen LogP contribution in [0.4, 0.5) is 0 Å². The van der Waals surface area contributed by atoms with Gasteiger partial charge in [-0.05, 0) is 97.7 Å². The molecule has 0 N–H and O–H groups in total. The van der Waals surface area contributed by atoms with Gasteiger partial charge in [0.05, 0.1) is 0 Å². The minimum absolute atomic E-state index is 0.532. The Hall–Kier alpha value is -0.440. The molecule has 28 heavy (non-hydrogen) atoms. The lowest BCUT2D eigenvalue weighted by Crippen LogP contribution is -2.53. The Balaban J connectivity index is 1.52. The van der Waals surface area contributed by atoms with Crippen molar-refractivity contribution >= 4 is 0 Å². The number of rotatable bonds is 2. The summed E-state index contributed by atoms with van der Waals surface area (Å²) < 4.78 is 0. The standard InChI is InChI=1S/C28H46/c1-19(2)20(3)10-11-21(4)24-14-15-25-23-13-12-22-9-7-8-17-27(22,5)26(23)16-18-28(24,25)6/h19-26H,7-9,12-18H2,1-6H3/t20-,21-,22?,23+,24-,25+,26+,27+,28-/m1/s1. The van der Waals surface area contributed by atoms with Gasteiger partial charge < -0.3 is 0 Å². The van der Waals surface area contributed by atoms with E-state index >= 15 is 0 Å². The van der Waals surface area contributed by atoms with E-state index in [4.69, 9.17) is 0 Å². The van der Waals surface area contributed by atoms with Gasteiger partial charge >= 0.3 is 0 Å². The number of hydrogen-bond donors (Lipinski definition) is 0. The predicted molar refractivity (Wildman–Crippen MR) is 121 cm³/mol. The zero-order valence-electron chi connectivity index (χ0n) is 19.7. The molecule has 0 heterocycles. The van der Waals surface area contributed by atoms with Crippen LogP contribution in [0.15, 0.2) is 0 Å². The lowest BCUT2D eigenvalue weighted by atomic mass is 9.44. The second-order valence-electron chi connectivity index (χ2n) is 12.2. The van der Waals surface area contributed by atoms with Crippen LogP contribution >= 0.6 is 0 Å². The largest absolute Gasteiger partial charge is 0.0996 e. The maximum absolute atomic E-state index is 3.74. The fourth-order valence-electron chi connectivity index (χ4n) is 8.69. The quantitative estimate of drug-likeness (QED) is 0.425. The molecule has 4 saturated carbocycles. The fraction of sp³-hybridized carbons (Fsp3) is 0.929. The normalized spacial score (nSPS) is 47.3. The Bertz CT molecular complexity index is 620. The van der Waals surface area contributed by atoms with Gasteiger partial charge in [0.15, 0.2) is 0 Å². The zero-order chi connectivity index (χ0) is 20.1. The van der Waals surface area contributed by atoms with E-state index in [0.717, 1.165) is 29.6 Å². The molecule has 1 unspecified atom stereocenters. The van der Waals surface area contributed by atoms with E-state index in [2.05, 4.69) is 53.4 Å². The molecule has 158 valence electrons. The third-order valence-electron chi connectivity index (χ3n) is 10.8. The van der Waals surface area contributed by atoms with Gasteiger partial charge in [-0.1, -0.05) is 66.2 Å². The maximum atomic E-state index is 3.74. The Labute approximate surface area is 176 Å². The van der Waals surface area contributed by atoms with Crippen molar-refractivity contribution in [1.29, 1.82) is 0 Å². The Morgan fingerprint density at radius 1 is 0.714 bits per heavy atom. The van der Waals surface area contributed by atoms with E-state index in [1.807, 2.05) is 0 Å². The van der Waals surface area contributed by atoms with Gasteiger partial charge in [-0.2, -0.15) is 0 Å². The summed E-state index contributed by atoms with van der Waals surface area (Å²) in [5.74, 6) is 14.1. The summed E-state index contributed by atoms with van der Waals surface area (Å²) in [4.78, 5) is 0. The highest BCUT2D eigenvalue weighted by molar-refractivity contribution is 5.14. The van der Waals surface area contributed by atoms with Crippen molar-refractivity contribution in [2.75, 3.05) is 0 Å². The smallest absolute Gasteiger partial charge is 0.0208 e. The minimum Gasteiger partial charge on any atom is -0.0996 e. The van der Waals surface area contributed by atoms with Gasteiger partial charge in [0.1, 0.15) is 0 Å². The fourth-order valence-corrected chi connectivity index (χ4v) is 8.69. The summed E-state index contributed by atoms with van der Waals surface area (Å²) in [6, 6.07) is 0. The molecule has 0 amide bonds. The number of fused-ring (bicyclic) bond motifs is 5. The van der Waals surface area contributed by atoms with Crippen molar-refractivity contribution in [3.8, 4) is 11.8 Å². The van der Waals surface area contributed by atoms with Gasteiger partial charge in [0, 0.05) is 11.8 Å². The lowest BCUT2D eigenvalue weighted by Gasteiger charge is -2.60. The summed E-state index contributed by atoms with van der Waals surface area (Å²) in [6.07, 6.45) is 15.1. The van der Waals surface area contributed by atoms with E-state index in [9.17, 15) is 0 Å². The molecule has 9 atom stereocenters. The molecule has 0 radical (unpaired) electrons. The van der Waals surface area contributed by atoms with E-state index in [-0.39, 0.29) is 0 Å². The molecular weight excluding hydrogens is 336 g/mol. The first kappa shape index (κ1) is 20.8. The highest BCUT2D eigenvalue weighted by Gasteiger charge is 2.60. The van der Waals surface area contributed by atoms with Crippen molar-refractivity contribution in [3.63, 3.8) is 0 Å². The van der Waals surface area contributed by atoms with Crippen LogP contribution in [0.2, 0.25) is 0 Å². The molecule has 0 heteroatoms. The summed E-state index contributed by atoms with van der Waals surface area (Å²) in [5, 5.41) is 0. The minimum atomic E-state index is 0.532. The third kappa shape index (κ3) is 3.28. The molecule has 0 spiro atoms. The van der Waals surface area contributed by atoms with Crippen LogP contribution in [0.1, 0.15) is 106 Å². The van der Waals surface area contributed by atoms with Crippen LogP contribution in [0, 0.1) is 70.0 Å². The molecule has 4 fully saturated rings. The first-order valence-corrected chi connectivity index (χ1v) is 12.8. The molecule has 0 saturated heterocycles. The third-order valence-corrected chi connectivity index (χ3v) is 10.8. The van der Waals surface area contributed by atoms with E-state index < -0.39 is 0 Å². The van der Waals surface area contributed by atoms with Crippen molar-refractivity contribution in [3.05, 3.63) is 0 Å². The van der Waals surface area contributed by atoms with Crippen molar-refractivity contribution in [2.24, 2.45) is 58.2 Å². The predicted octanol–water partition coefficient (Wildman–Crippen LogP) is 7.97. The van der Waals surface area contributed by atoms with Gasteiger partial charge in [0.25, 0.3) is 0 Å². The van der Waals surface area contributed by atoms with Crippen LogP contribution in [-0.2, 0) is 0 Å². The molecule has 4 rings (SSSR count). The van der Waals surface area contributed by atoms with E-state index in [1.54, 1.807) is 6.42 Å². The molecule has 0 aromatic heterocycles. The molecule has 0 aromatic rings. The maximum Gasteiger partial charge on any atom is 0.0208 e. The summed E-state index contributed by atoms with van der Waals surface area (Å²) >= 11 is 0. The molecule has 0 nitrogen and oxygen atoms in total. The molecule has 4 aliphatic rings. The van der Waals surface area contributed by atoms with E-state index in [0.29, 0.717) is 28.6 Å². The van der Waals surface area contributed by atoms with Crippen molar-refractivity contribution < 1.29 is 0 Å². The van der Waals surface area contributed by atoms with Crippen molar-refractivity contribution in [2.45, 2.75) is 106 Å². The SMILES string of the molecule is CC(C)[C@H](C)C#C[C@@H](C)[C@H]1CC[C@H]2[C@@H]3CCC4CCCC[C@]4(C)[C@H]3CC[C@]12C. The van der Waals surface area contributed by atoms with Crippen LogP contribution in [0.3, 0.4) is 0 Å². The van der Waals surface area contributed by atoms with Gasteiger partial charge in [0.2, 0.25) is 0 Å². The van der Waals surface area contributed by atoms with Crippen LogP contribution < -0.4 is 0 Å². The Morgan fingerprint density at radius 3 is 2.21 bits per heavy atom. The Kier molecular flexibility index (Phi) is 5.70. The summed E-state index contributed by atoms with van der Waals surface area (Å²) in [6.45, 7) is 14.8. The van der Waals surface area contributed by atoms with E-state index in [1.165, 1.54) is 57.8 Å². The molecule has 0 bridgehead atoms. The van der Waals surface area contributed by atoms with Gasteiger partial charge in [-0.25, -0.2) is 0 Å². The van der Waals surface area contributed by atoms with Crippen molar-refractivity contribution in [1.82, 2.24) is 0 Å². The average Bonchev–Trinajstić information content (AvgIpc) is 3.02. The van der Waals surface area contributed by atoms with Crippen LogP contribution in [-0.4, -0.2) is 0 Å². The van der Waals surface area contributed by atoms with Crippen LogP contribution in [0.25, 0.3) is 0 Å². The number of hydrogen-bond acceptors (Lipinski definition) is 0. The zero-order valence-corrected chi connectivity index (χ0v) is 19.7. The van der Waals surface area contributed by atoms with Gasteiger partial charge in [-0.3, -0.25) is 0 Å². The molecule has 4 aliphatic carbocycles. The van der Waals surface area contributed by atoms with Gasteiger partial charge in [-0.15, -0.1) is 0 Å². The first-order valence-electron chi connectivity index (χ1n) is 12.8. The second-order valence-corrected chi connectivity index (χ2v) is 12.2. The highest BCUT2D eigenvalue weighted by Crippen LogP contribution is 2.68. The first-order chi connectivity index (χ1) is 13.3. The molecule has 0 aliphatic heterocycles. The van der Waals surface area contributed by atoms with Crippen LogP contribution in [0.5, 0.6) is 0 Å². The lowest BCUT2D eigenvalue weighted by molar-refractivity contribution is -0.112.